The van der Waals surface area contributed by atoms with Crippen LogP contribution in [-0.4, -0.2) is 10.1 Å². The molecule has 1 aliphatic rings. The first-order valence-electron chi connectivity index (χ1n) is 6.68. The number of rotatable bonds is 2. The van der Waals surface area contributed by atoms with Gasteiger partial charge in [-0.05, 0) is 42.0 Å². The fourth-order valence-electron chi connectivity index (χ4n) is 2.98. The van der Waals surface area contributed by atoms with E-state index >= 15 is 0 Å². The topological polar surface area (TPSA) is 59.1 Å². The van der Waals surface area contributed by atoms with E-state index in [1.54, 1.807) is 18.5 Å². The van der Waals surface area contributed by atoms with Crippen molar-refractivity contribution in [2.45, 2.75) is 31.3 Å². The summed E-state index contributed by atoms with van der Waals surface area (Å²) in [6.07, 6.45) is 6.79. The zero-order chi connectivity index (χ0) is 13.3. The summed E-state index contributed by atoms with van der Waals surface area (Å²) in [5.74, 6) is 0. The van der Waals surface area contributed by atoms with Crippen molar-refractivity contribution in [3.63, 3.8) is 0 Å². The molecule has 0 spiro atoms. The van der Waals surface area contributed by atoms with E-state index in [2.05, 4.69) is 11.1 Å². The van der Waals surface area contributed by atoms with E-state index < -0.39 is 5.60 Å². The number of aryl methyl sites for hydroxylation is 1. The first-order valence-corrected chi connectivity index (χ1v) is 6.68. The molecule has 2 aromatic rings. The van der Waals surface area contributed by atoms with Gasteiger partial charge in [-0.3, -0.25) is 4.98 Å². The van der Waals surface area contributed by atoms with Gasteiger partial charge in [0.15, 0.2) is 0 Å². The predicted octanol–water partition coefficient (Wildman–Crippen LogP) is 2.43. The van der Waals surface area contributed by atoms with Crippen molar-refractivity contribution in [2.75, 3.05) is 5.73 Å². The lowest BCUT2D eigenvalue weighted by Gasteiger charge is -2.35. The van der Waals surface area contributed by atoms with E-state index in [4.69, 9.17) is 5.73 Å². The molecule has 0 saturated heterocycles. The number of fused-ring (bicyclic) bond motifs is 1. The fourth-order valence-corrected chi connectivity index (χ4v) is 2.98. The van der Waals surface area contributed by atoms with Gasteiger partial charge in [0, 0.05) is 24.5 Å². The highest BCUT2D eigenvalue weighted by molar-refractivity contribution is 5.46. The summed E-state index contributed by atoms with van der Waals surface area (Å²) in [5, 5.41) is 11.0. The third-order valence-corrected chi connectivity index (χ3v) is 3.98. The average molecular weight is 254 g/mol. The molecule has 1 heterocycles. The SMILES string of the molecule is Nc1ccncc1CC1(O)CCCc2ccccc21. The maximum absolute atomic E-state index is 11.0. The van der Waals surface area contributed by atoms with Gasteiger partial charge in [0.05, 0.1) is 5.60 Å². The summed E-state index contributed by atoms with van der Waals surface area (Å²) < 4.78 is 0. The molecule has 1 aliphatic carbocycles. The van der Waals surface area contributed by atoms with Gasteiger partial charge in [0.2, 0.25) is 0 Å². The second-order valence-corrected chi connectivity index (χ2v) is 5.29. The lowest BCUT2D eigenvalue weighted by molar-refractivity contribution is 0.0191. The van der Waals surface area contributed by atoms with Crippen molar-refractivity contribution in [1.29, 1.82) is 0 Å². The summed E-state index contributed by atoms with van der Waals surface area (Å²) >= 11 is 0. The second kappa shape index (κ2) is 4.67. The molecule has 3 rings (SSSR count). The highest BCUT2D eigenvalue weighted by Crippen LogP contribution is 2.38. The number of nitrogens with zero attached hydrogens (tertiary/aromatic N) is 1. The number of nitrogen functional groups attached to an aromatic ring is 1. The van der Waals surface area contributed by atoms with Crippen molar-refractivity contribution < 1.29 is 5.11 Å². The van der Waals surface area contributed by atoms with Gasteiger partial charge in [-0.15, -0.1) is 0 Å². The predicted molar refractivity (Wildman–Crippen MR) is 75.6 cm³/mol. The van der Waals surface area contributed by atoms with Crippen LogP contribution in [0.25, 0.3) is 0 Å². The molecule has 0 amide bonds. The molecule has 1 aromatic carbocycles. The number of anilines is 1. The van der Waals surface area contributed by atoms with Gasteiger partial charge in [0.1, 0.15) is 0 Å². The fraction of sp³-hybridized carbons (Fsp3) is 0.312. The van der Waals surface area contributed by atoms with Crippen LogP contribution in [0.3, 0.4) is 0 Å². The first kappa shape index (κ1) is 12.2. The second-order valence-electron chi connectivity index (χ2n) is 5.29. The number of aromatic nitrogens is 1. The molecule has 0 aliphatic heterocycles. The molecule has 0 radical (unpaired) electrons. The summed E-state index contributed by atoms with van der Waals surface area (Å²) in [7, 11) is 0. The summed E-state index contributed by atoms with van der Waals surface area (Å²) in [6.45, 7) is 0. The number of pyridine rings is 1. The first-order chi connectivity index (χ1) is 9.19. The summed E-state index contributed by atoms with van der Waals surface area (Å²) in [5.41, 5.74) is 9.07. The van der Waals surface area contributed by atoms with Crippen molar-refractivity contribution in [3.05, 3.63) is 59.4 Å². The Hall–Kier alpha value is -1.87. The maximum atomic E-state index is 11.0. The van der Waals surface area contributed by atoms with Crippen LogP contribution >= 0.6 is 0 Å². The van der Waals surface area contributed by atoms with Gasteiger partial charge in [-0.2, -0.15) is 0 Å². The number of hydrogen-bond acceptors (Lipinski definition) is 3. The minimum absolute atomic E-state index is 0.531. The van der Waals surface area contributed by atoms with Crippen LogP contribution < -0.4 is 5.73 Å². The maximum Gasteiger partial charge on any atom is 0.0940 e. The summed E-state index contributed by atoms with van der Waals surface area (Å²) in [4.78, 5) is 4.11. The highest BCUT2D eigenvalue weighted by atomic mass is 16.3. The monoisotopic (exact) mass is 254 g/mol. The number of hydrogen-bond donors (Lipinski definition) is 2. The molecule has 98 valence electrons. The van der Waals surface area contributed by atoms with Crippen LogP contribution in [0, 0.1) is 0 Å². The number of benzene rings is 1. The van der Waals surface area contributed by atoms with Crippen LogP contribution in [0.5, 0.6) is 0 Å². The summed E-state index contributed by atoms with van der Waals surface area (Å²) in [6, 6.07) is 9.94. The Kier molecular flexibility index (Phi) is 2.99. The molecule has 0 fully saturated rings. The normalized spacial score (nSPS) is 21.9. The van der Waals surface area contributed by atoms with Gasteiger partial charge in [-0.1, -0.05) is 24.3 Å². The molecular weight excluding hydrogens is 236 g/mol. The molecule has 3 nitrogen and oxygen atoms in total. The molecule has 1 atom stereocenters. The quantitative estimate of drug-likeness (QED) is 0.865. The van der Waals surface area contributed by atoms with Gasteiger partial charge in [0.25, 0.3) is 0 Å². The van der Waals surface area contributed by atoms with E-state index in [1.165, 1.54) is 5.56 Å². The minimum Gasteiger partial charge on any atom is -0.398 e. The van der Waals surface area contributed by atoms with Gasteiger partial charge < -0.3 is 10.8 Å². The zero-order valence-electron chi connectivity index (χ0n) is 10.8. The molecule has 0 saturated carbocycles. The highest BCUT2D eigenvalue weighted by Gasteiger charge is 2.34. The Labute approximate surface area is 113 Å². The Morgan fingerprint density at radius 1 is 1.26 bits per heavy atom. The van der Waals surface area contributed by atoms with Crippen LogP contribution in [-0.2, 0) is 18.4 Å². The van der Waals surface area contributed by atoms with Crippen molar-refractivity contribution in [2.24, 2.45) is 0 Å². The van der Waals surface area contributed by atoms with Gasteiger partial charge in [-0.25, -0.2) is 0 Å². The van der Waals surface area contributed by atoms with Crippen LogP contribution in [0.1, 0.15) is 29.5 Å². The third kappa shape index (κ3) is 2.22. The molecule has 3 heteroatoms. The van der Waals surface area contributed by atoms with E-state index in [1.807, 2.05) is 18.2 Å². The van der Waals surface area contributed by atoms with E-state index in [0.29, 0.717) is 12.1 Å². The van der Waals surface area contributed by atoms with E-state index in [0.717, 1.165) is 30.4 Å². The standard InChI is InChI=1S/C16H18N2O/c17-15-7-9-18-11-13(15)10-16(19)8-3-5-12-4-1-2-6-14(12)16/h1-2,4,6-7,9,11,19H,3,5,8,10H2,(H2,17,18). The van der Waals surface area contributed by atoms with Crippen LogP contribution in [0.4, 0.5) is 5.69 Å². The zero-order valence-corrected chi connectivity index (χ0v) is 10.8. The van der Waals surface area contributed by atoms with E-state index in [-0.39, 0.29) is 0 Å². The molecule has 1 unspecified atom stereocenters. The number of aliphatic hydroxyl groups is 1. The van der Waals surface area contributed by atoms with Crippen molar-refractivity contribution in [1.82, 2.24) is 4.98 Å². The minimum atomic E-state index is -0.813. The lowest BCUT2D eigenvalue weighted by Crippen LogP contribution is -2.33. The molecule has 0 bridgehead atoms. The van der Waals surface area contributed by atoms with Crippen molar-refractivity contribution >= 4 is 5.69 Å². The smallest absolute Gasteiger partial charge is 0.0940 e. The third-order valence-electron chi connectivity index (χ3n) is 3.98. The van der Waals surface area contributed by atoms with E-state index in [9.17, 15) is 5.11 Å². The Bertz CT molecular complexity index is 597. The molecular formula is C16H18N2O. The number of nitrogens with two attached hydrogens (primary N) is 1. The van der Waals surface area contributed by atoms with Crippen LogP contribution in [0.15, 0.2) is 42.7 Å². The Morgan fingerprint density at radius 2 is 2.11 bits per heavy atom. The molecule has 3 N–H and O–H groups in total. The van der Waals surface area contributed by atoms with Crippen LogP contribution in [0.2, 0.25) is 0 Å². The Balaban J connectivity index is 1.99. The molecule has 19 heavy (non-hydrogen) atoms. The largest absolute Gasteiger partial charge is 0.398 e. The lowest BCUT2D eigenvalue weighted by atomic mass is 9.76. The average Bonchev–Trinajstić information content (AvgIpc) is 2.42. The van der Waals surface area contributed by atoms with Crippen molar-refractivity contribution in [3.8, 4) is 0 Å². The molecule has 1 aromatic heterocycles. The Morgan fingerprint density at radius 3 is 2.95 bits per heavy atom. The van der Waals surface area contributed by atoms with Gasteiger partial charge >= 0.3 is 0 Å².